The van der Waals surface area contributed by atoms with Crippen LogP contribution in [0.3, 0.4) is 0 Å². The number of carbonyl (C=O) groups is 1. The first-order chi connectivity index (χ1) is 5.34. The summed E-state index contributed by atoms with van der Waals surface area (Å²) in [6, 6.07) is 0. The van der Waals surface area contributed by atoms with Crippen LogP contribution in [-0.2, 0) is 4.74 Å². The van der Waals surface area contributed by atoms with E-state index in [0.29, 0.717) is 6.61 Å². The van der Waals surface area contributed by atoms with E-state index in [2.05, 4.69) is 0 Å². The average molecular weight is 159 g/mol. The Kier molecular flexibility index (Phi) is 5.61. The van der Waals surface area contributed by atoms with Gasteiger partial charge in [-0.3, -0.25) is 0 Å². The summed E-state index contributed by atoms with van der Waals surface area (Å²) < 4.78 is 4.70. The van der Waals surface area contributed by atoms with E-state index in [1.807, 2.05) is 20.8 Å². The molecule has 0 aromatic rings. The molecule has 3 heteroatoms. The molecule has 66 valence electrons. The molecule has 0 N–H and O–H groups in total. The highest BCUT2D eigenvalue weighted by atomic mass is 16.6. The maximum absolute atomic E-state index is 10.7. The maximum Gasteiger partial charge on any atom is 0.409 e. The summed E-state index contributed by atoms with van der Waals surface area (Å²) in [4.78, 5) is 12.4. The molecule has 1 heterocycles. The smallest absolute Gasteiger partial charge is 0.409 e. The van der Waals surface area contributed by atoms with Gasteiger partial charge in [0.25, 0.3) is 0 Å². The Hall–Kier alpha value is -0.730. The molecule has 1 rings (SSSR count). The Morgan fingerprint density at radius 3 is 2.55 bits per heavy atom. The zero-order chi connectivity index (χ0) is 8.69. The van der Waals surface area contributed by atoms with Crippen molar-refractivity contribution in [1.82, 2.24) is 4.90 Å². The van der Waals surface area contributed by atoms with Crippen LogP contribution >= 0.6 is 0 Å². The van der Waals surface area contributed by atoms with E-state index >= 15 is 0 Å². The second-order valence-electron chi connectivity index (χ2n) is 2.10. The first-order valence-corrected chi connectivity index (χ1v) is 4.26. The quantitative estimate of drug-likeness (QED) is 0.615. The van der Waals surface area contributed by atoms with E-state index in [-0.39, 0.29) is 6.09 Å². The minimum Gasteiger partial charge on any atom is -0.448 e. The summed E-state index contributed by atoms with van der Waals surface area (Å²) in [7, 11) is 0. The number of cyclic esters (lactones) is 1. The highest BCUT2D eigenvalue weighted by Crippen LogP contribution is 2.02. The fraction of sp³-hybridized carbons (Fsp3) is 0.875. The minimum absolute atomic E-state index is 0.156. The first-order valence-electron chi connectivity index (χ1n) is 4.26. The van der Waals surface area contributed by atoms with Gasteiger partial charge in [-0.2, -0.15) is 0 Å². The summed E-state index contributed by atoms with van der Waals surface area (Å²) >= 11 is 0. The number of amides is 1. The lowest BCUT2D eigenvalue weighted by molar-refractivity contribution is 0.158. The molecular formula is C8H17NO2. The van der Waals surface area contributed by atoms with Gasteiger partial charge in [0.05, 0.1) is 6.54 Å². The molecule has 0 aromatic carbocycles. The van der Waals surface area contributed by atoms with Gasteiger partial charge in [-0.15, -0.1) is 0 Å². The van der Waals surface area contributed by atoms with Gasteiger partial charge in [-0.1, -0.05) is 20.8 Å². The molecule has 0 spiro atoms. The number of hydrogen-bond donors (Lipinski definition) is 0. The fourth-order valence-electron chi connectivity index (χ4n) is 0.899. The first kappa shape index (κ1) is 10.3. The van der Waals surface area contributed by atoms with Gasteiger partial charge in [-0.05, 0) is 6.42 Å². The molecule has 11 heavy (non-hydrogen) atoms. The highest BCUT2D eigenvalue weighted by Gasteiger charge is 2.19. The van der Waals surface area contributed by atoms with Crippen molar-refractivity contribution in [3.8, 4) is 0 Å². The van der Waals surface area contributed by atoms with Crippen molar-refractivity contribution in [2.24, 2.45) is 0 Å². The highest BCUT2D eigenvalue weighted by molar-refractivity contribution is 5.69. The lowest BCUT2D eigenvalue weighted by Gasteiger charge is -2.08. The molecule has 0 unspecified atom stereocenters. The van der Waals surface area contributed by atoms with Gasteiger partial charge in [0.1, 0.15) is 6.61 Å². The molecule has 1 aliphatic rings. The average Bonchev–Trinajstić information content (AvgIpc) is 2.42. The van der Waals surface area contributed by atoms with Crippen LogP contribution in [-0.4, -0.2) is 30.7 Å². The normalized spacial score (nSPS) is 15.5. The van der Waals surface area contributed by atoms with E-state index in [1.54, 1.807) is 4.90 Å². The summed E-state index contributed by atoms with van der Waals surface area (Å²) in [6.07, 6.45) is 0.853. The summed E-state index contributed by atoms with van der Waals surface area (Å²) in [5.74, 6) is 0. The number of rotatable bonds is 2. The number of hydrogen-bond acceptors (Lipinski definition) is 2. The lowest BCUT2D eigenvalue weighted by atomic mass is 10.4. The van der Waals surface area contributed by atoms with Crippen LogP contribution in [0.4, 0.5) is 4.79 Å². The van der Waals surface area contributed by atoms with E-state index in [1.165, 1.54) is 0 Å². The molecule has 1 saturated heterocycles. The van der Waals surface area contributed by atoms with Gasteiger partial charge in [0, 0.05) is 6.54 Å². The Morgan fingerprint density at radius 1 is 1.55 bits per heavy atom. The predicted molar refractivity (Wildman–Crippen MR) is 44.6 cm³/mol. The van der Waals surface area contributed by atoms with Gasteiger partial charge in [0.2, 0.25) is 0 Å². The SMILES string of the molecule is CC.CCCN1CCOC1=O. The van der Waals surface area contributed by atoms with Crippen molar-refractivity contribution in [3.05, 3.63) is 0 Å². The zero-order valence-corrected chi connectivity index (χ0v) is 7.59. The van der Waals surface area contributed by atoms with Gasteiger partial charge >= 0.3 is 6.09 Å². The Balaban J connectivity index is 0.000000461. The van der Waals surface area contributed by atoms with Crippen LogP contribution in [0, 0.1) is 0 Å². The van der Waals surface area contributed by atoms with E-state index in [9.17, 15) is 4.79 Å². The molecule has 0 atom stereocenters. The third-order valence-corrected chi connectivity index (χ3v) is 1.34. The molecule has 0 aromatic heterocycles. The van der Waals surface area contributed by atoms with Gasteiger partial charge < -0.3 is 9.64 Å². The molecular weight excluding hydrogens is 142 g/mol. The van der Waals surface area contributed by atoms with Gasteiger partial charge in [-0.25, -0.2) is 4.79 Å². The summed E-state index contributed by atoms with van der Waals surface area (Å²) in [5, 5.41) is 0. The van der Waals surface area contributed by atoms with Crippen LogP contribution in [0.2, 0.25) is 0 Å². The number of ether oxygens (including phenoxy) is 1. The molecule has 3 nitrogen and oxygen atoms in total. The molecule has 1 aliphatic heterocycles. The molecule has 1 amide bonds. The zero-order valence-electron chi connectivity index (χ0n) is 7.59. The molecule has 0 bridgehead atoms. The van der Waals surface area contributed by atoms with Crippen LogP contribution in [0.5, 0.6) is 0 Å². The minimum atomic E-state index is -0.156. The van der Waals surface area contributed by atoms with Crippen molar-refractivity contribution in [1.29, 1.82) is 0 Å². The fourth-order valence-corrected chi connectivity index (χ4v) is 0.899. The lowest BCUT2D eigenvalue weighted by Crippen LogP contribution is -2.24. The van der Waals surface area contributed by atoms with Crippen molar-refractivity contribution in [2.45, 2.75) is 27.2 Å². The Labute approximate surface area is 68.3 Å². The van der Waals surface area contributed by atoms with Crippen molar-refractivity contribution in [3.63, 3.8) is 0 Å². The van der Waals surface area contributed by atoms with E-state index in [4.69, 9.17) is 4.74 Å². The van der Waals surface area contributed by atoms with Crippen LogP contribution in [0.25, 0.3) is 0 Å². The topological polar surface area (TPSA) is 29.5 Å². The maximum atomic E-state index is 10.7. The summed E-state index contributed by atoms with van der Waals surface area (Å²) in [5.41, 5.74) is 0. The molecule has 1 fully saturated rings. The monoisotopic (exact) mass is 159 g/mol. The Morgan fingerprint density at radius 2 is 2.18 bits per heavy atom. The second kappa shape index (κ2) is 6.01. The third-order valence-electron chi connectivity index (χ3n) is 1.34. The van der Waals surface area contributed by atoms with Crippen LogP contribution in [0.15, 0.2) is 0 Å². The van der Waals surface area contributed by atoms with Crippen molar-refractivity contribution >= 4 is 6.09 Å². The standard InChI is InChI=1S/C6H11NO2.C2H6/c1-2-3-7-4-5-9-6(7)8;1-2/h2-5H2,1H3;1-2H3. The van der Waals surface area contributed by atoms with E-state index in [0.717, 1.165) is 19.5 Å². The number of nitrogens with zero attached hydrogens (tertiary/aromatic N) is 1. The van der Waals surface area contributed by atoms with Crippen molar-refractivity contribution in [2.75, 3.05) is 19.7 Å². The molecule has 0 radical (unpaired) electrons. The van der Waals surface area contributed by atoms with Crippen LogP contribution in [0.1, 0.15) is 27.2 Å². The third kappa shape index (κ3) is 3.25. The van der Waals surface area contributed by atoms with Crippen LogP contribution < -0.4 is 0 Å². The largest absolute Gasteiger partial charge is 0.448 e. The predicted octanol–water partition coefficient (Wildman–Crippen LogP) is 1.87. The number of carbonyl (C=O) groups excluding carboxylic acids is 1. The van der Waals surface area contributed by atoms with Crippen molar-refractivity contribution < 1.29 is 9.53 Å². The Bertz CT molecular complexity index is 115. The van der Waals surface area contributed by atoms with E-state index < -0.39 is 0 Å². The summed E-state index contributed by atoms with van der Waals surface area (Å²) in [6.45, 7) is 8.22. The molecule has 0 saturated carbocycles. The second-order valence-corrected chi connectivity index (χ2v) is 2.10. The molecule has 0 aliphatic carbocycles. The van der Waals surface area contributed by atoms with Gasteiger partial charge in [0.15, 0.2) is 0 Å².